The molecule has 2 heterocycles. The molecule has 1 fully saturated rings. The number of carbonyl (C=O) groups excluding carboxylic acids is 1. The lowest BCUT2D eigenvalue weighted by atomic mass is 9.77. The number of likely N-dealkylation sites (tertiary alicyclic amines) is 1. The lowest BCUT2D eigenvalue weighted by Crippen LogP contribution is -2.56. The van der Waals surface area contributed by atoms with Gasteiger partial charge in [0.2, 0.25) is 5.91 Å². The van der Waals surface area contributed by atoms with E-state index < -0.39 is 11.8 Å². The Bertz CT molecular complexity index is 618. The molecule has 0 saturated carbocycles. The molecule has 0 aromatic heterocycles. The number of hydrogen-bond acceptors (Lipinski definition) is 6. The van der Waals surface area contributed by atoms with Crippen molar-refractivity contribution in [3.8, 4) is 0 Å². The quantitative estimate of drug-likeness (QED) is 0.774. The van der Waals surface area contributed by atoms with Gasteiger partial charge in [-0.1, -0.05) is 24.3 Å². The van der Waals surface area contributed by atoms with Crippen LogP contribution in [0, 0.1) is 5.92 Å². The summed E-state index contributed by atoms with van der Waals surface area (Å²) in [6.07, 6.45) is 10.5. The number of aliphatic hydroxyl groups excluding tert-OH is 1. The van der Waals surface area contributed by atoms with Crippen LogP contribution in [0.25, 0.3) is 0 Å². The molecule has 3 unspecified atom stereocenters. The molecule has 3 N–H and O–H groups in total. The predicted molar refractivity (Wildman–Crippen MR) is 100 cm³/mol. The van der Waals surface area contributed by atoms with Crippen molar-refractivity contribution in [3.63, 3.8) is 0 Å². The highest BCUT2D eigenvalue weighted by molar-refractivity contribution is 5.79. The fraction of sp³-hybridized carbons (Fsp3) is 0.684. The first-order chi connectivity index (χ1) is 12.4. The number of aliphatic hydroxyl groups is 1. The lowest BCUT2D eigenvalue weighted by Gasteiger charge is -2.46. The Hall–Kier alpha value is -1.86. The molecule has 1 saturated heterocycles. The van der Waals surface area contributed by atoms with Crippen molar-refractivity contribution in [1.82, 2.24) is 9.80 Å². The molecule has 0 aromatic carbocycles. The molecule has 26 heavy (non-hydrogen) atoms. The molecule has 3 rings (SSSR count). The average molecular weight is 362 g/mol. The van der Waals surface area contributed by atoms with E-state index in [1.54, 1.807) is 11.9 Å². The van der Waals surface area contributed by atoms with E-state index in [4.69, 9.17) is 10.5 Å². The SMILES string of the molecule is CN1C(N)=N[C@](C)(C2CCCN(C(=O)COC3C=CC=CC3)C2)CC1O. The summed E-state index contributed by atoms with van der Waals surface area (Å²) in [4.78, 5) is 20.7. The second kappa shape index (κ2) is 7.80. The van der Waals surface area contributed by atoms with Crippen molar-refractivity contribution in [2.24, 2.45) is 16.6 Å². The molecule has 0 bridgehead atoms. The standard InChI is InChI=1S/C19H30N4O3/c1-19(11-16(24)22(2)18(20)21-19)14-7-6-10-23(12-14)17(25)13-26-15-8-4-3-5-9-15/h3-5,8,14-16,24H,6-7,9-13H2,1-2H3,(H2,20,21)/t14?,15?,16?,19-/m0/s1. The van der Waals surface area contributed by atoms with Crippen molar-refractivity contribution < 1.29 is 14.6 Å². The molecule has 0 aromatic rings. The van der Waals surface area contributed by atoms with Gasteiger partial charge in [0.1, 0.15) is 12.8 Å². The van der Waals surface area contributed by atoms with Crippen LogP contribution in [0.2, 0.25) is 0 Å². The van der Waals surface area contributed by atoms with Crippen molar-refractivity contribution in [1.29, 1.82) is 0 Å². The van der Waals surface area contributed by atoms with Crippen LogP contribution in [-0.2, 0) is 9.53 Å². The third-order valence-corrected chi connectivity index (χ3v) is 5.79. The fourth-order valence-electron chi connectivity index (χ4n) is 3.97. The van der Waals surface area contributed by atoms with Crippen molar-refractivity contribution in [2.45, 2.75) is 50.5 Å². The third-order valence-electron chi connectivity index (χ3n) is 5.79. The molecule has 1 amide bonds. The topological polar surface area (TPSA) is 91.4 Å². The normalized spacial score (nSPS) is 34.7. The summed E-state index contributed by atoms with van der Waals surface area (Å²) >= 11 is 0. The minimum atomic E-state index is -0.641. The van der Waals surface area contributed by atoms with E-state index in [2.05, 4.69) is 4.99 Å². The minimum absolute atomic E-state index is 0.0181. The summed E-state index contributed by atoms with van der Waals surface area (Å²) in [5.41, 5.74) is 5.53. The van der Waals surface area contributed by atoms with Crippen LogP contribution < -0.4 is 5.73 Å². The van der Waals surface area contributed by atoms with Gasteiger partial charge in [0.05, 0.1) is 11.6 Å². The first-order valence-corrected chi connectivity index (χ1v) is 9.38. The highest BCUT2D eigenvalue weighted by atomic mass is 16.5. The van der Waals surface area contributed by atoms with E-state index in [0.29, 0.717) is 18.9 Å². The van der Waals surface area contributed by atoms with Crippen LogP contribution in [0.5, 0.6) is 0 Å². The molecular weight excluding hydrogens is 332 g/mol. The zero-order chi connectivity index (χ0) is 18.7. The van der Waals surface area contributed by atoms with E-state index >= 15 is 0 Å². The highest BCUT2D eigenvalue weighted by Crippen LogP contribution is 2.36. The molecule has 7 nitrogen and oxygen atoms in total. The van der Waals surface area contributed by atoms with Gasteiger partial charge in [-0.2, -0.15) is 0 Å². The zero-order valence-electron chi connectivity index (χ0n) is 15.7. The number of rotatable bonds is 4. The first-order valence-electron chi connectivity index (χ1n) is 9.38. The molecule has 2 aliphatic heterocycles. The van der Waals surface area contributed by atoms with Gasteiger partial charge in [-0.15, -0.1) is 0 Å². The summed E-state index contributed by atoms with van der Waals surface area (Å²) in [6, 6.07) is 0. The molecule has 7 heteroatoms. The van der Waals surface area contributed by atoms with Gasteiger partial charge in [0.15, 0.2) is 5.96 Å². The summed E-state index contributed by atoms with van der Waals surface area (Å²) in [5, 5.41) is 10.3. The van der Waals surface area contributed by atoms with Gasteiger partial charge >= 0.3 is 0 Å². The average Bonchev–Trinajstić information content (AvgIpc) is 2.65. The number of nitrogens with zero attached hydrogens (tertiary/aromatic N) is 3. The summed E-state index contributed by atoms with van der Waals surface area (Å²) in [7, 11) is 1.74. The van der Waals surface area contributed by atoms with E-state index in [1.165, 1.54) is 0 Å². The van der Waals surface area contributed by atoms with E-state index in [-0.39, 0.29) is 24.5 Å². The number of nitrogens with two attached hydrogens (primary N) is 1. The van der Waals surface area contributed by atoms with E-state index in [9.17, 15) is 9.90 Å². The van der Waals surface area contributed by atoms with Crippen molar-refractivity contribution in [2.75, 3.05) is 26.7 Å². The van der Waals surface area contributed by atoms with Crippen LogP contribution in [0.1, 0.15) is 32.6 Å². The van der Waals surface area contributed by atoms with Crippen LogP contribution >= 0.6 is 0 Å². The maximum absolute atomic E-state index is 12.6. The second-order valence-corrected chi connectivity index (χ2v) is 7.70. The third kappa shape index (κ3) is 4.10. The Labute approximate surface area is 155 Å². The Kier molecular flexibility index (Phi) is 5.67. The number of amides is 1. The summed E-state index contributed by atoms with van der Waals surface area (Å²) in [5.74, 6) is 0.557. The maximum Gasteiger partial charge on any atom is 0.248 e. The number of hydrogen-bond donors (Lipinski definition) is 2. The zero-order valence-corrected chi connectivity index (χ0v) is 15.7. The molecular formula is C19H30N4O3. The number of aliphatic imine (C=N–C) groups is 1. The number of allylic oxidation sites excluding steroid dienone is 2. The van der Waals surface area contributed by atoms with Gasteiger partial charge in [0.25, 0.3) is 0 Å². The van der Waals surface area contributed by atoms with Crippen molar-refractivity contribution in [3.05, 3.63) is 24.3 Å². The Morgan fingerprint density at radius 2 is 2.31 bits per heavy atom. The molecule has 0 spiro atoms. The Morgan fingerprint density at radius 3 is 3.00 bits per heavy atom. The largest absolute Gasteiger partial charge is 0.373 e. The highest BCUT2D eigenvalue weighted by Gasteiger charge is 2.43. The van der Waals surface area contributed by atoms with Crippen LogP contribution in [-0.4, -0.2) is 71.4 Å². The maximum atomic E-state index is 12.6. The number of carbonyl (C=O) groups is 1. The second-order valence-electron chi connectivity index (χ2n) is 7.70. The smallest absolute Gasteiger partial charge is 0.248 e. The van der Waals surface area contributed by atoms with E-state index in [1.807, 2.05) is 36.1 Å². The van der Waals surface area contributed by atoms with Crippen LogP contribution in [0.15, 0.2) is 29.3 Å². The molecule has 144 valence electrons. The van der Waals surface area contributed by atoms with Gasteiger partial charge < -0.3 is 25.4 Å². The number of guanidine groups is 1. The Balaban J connectivity index is 1.59. The van der Waals surface area contributed by atoms with Crippen molar-refractivity contribution >= 4 is 11.9 Å². The number of piperidine rings is 1. The predicted octanol–water partition coefficient (Wildman–Crippen LogP) is 0.854. The molecule has 1 aliphatic carbocycles. The Morgan fingerprint density at radius 1 is 1.50 bits per heavy atom. The summed E-state index contributed by atoms with van der Waals surface area (Å²) < 4.78 is 5.73. The molecule has 4 atom stereocenters. The fourth-order valence-corrected chi connectivity index (χ4v) is 3.97. The van der Waals surface area contributed by atoms with Gasteiger partial charge in [-0.25, -0.2) is 4.99 Å². The van der Waals surface area contributed by atoms with Gasteiger partial charge in [0, 0.05) is 32.5 Å². The van der Waals surface area contributed by atoms with Gasteiger partial charge in [-0.05, 0) is 26.2 Å². The van der Waals surface area contributed by atoms with Crippen LogP contribution in [0.3, 0.4) is 0 Å². The van der Waals surface area contributed by atoms with E-state index in [0.717, 1.165) is 25.8 Å². The minimum Gasteiger partial charge on any atom is -0.373 e. The molecule has 3 aliphatic rings. The first kappa shape index (κ1) is 18.9. The summed E-state index contributed by atoms with van der Waals surface area (Å²) in [6.45, 7) is 3.51. The monoisotopic (exact) mass is 362 g/mol. The van der Waals surface area contributed by atoms with Gasteiger partial charge in [-0.3, -0.25) is 4.79 Å². The number of ether oxygens (including phenoxy) is 1. The molecule has 0 radical (unpaired) electrons. The lowest BCUT2D eigenvalue weighted by molar-refractivity contribution is -0.139. The van der Waals surface area contributed by atoms with Crippen LogP contribution in [0.4, 0.5) is 0 Å².